The number of hydrogen-bond donors (Lipinski definition) is 2. The van der Waals surface area contributed by atoms with E-state index >= 15 is 0 Å². The lowest BCUT2D eigenvalue weighted by Gasteiger charge is -2.25. The number of aromatic nitrogens is 1. The number of methoxy groups -OCH3 is 1. The van der Waals surface area contributed by atoms with Gasteiger partial charge in [-0.3, -0.25) is 9.69 Å². The lowest BCUT2D eigenvalue weighted by molar-refractivity contribution is -0.145. The van der Waals surface area contributed by atoms with Gasteiger partial charge >= 0.3 is 12.1 Å². The first-order valence-electron chi connectivity index (χ1n) is 11.0. The third-order valence-corrected chi connectivity index (χ3v) is 5.90. The normalized spacial score (nSPS) is 16.4. The van der Waals surface area contributed by atoms with E-state index in [1.54, 1.807) is 0 Å². The standard InChI is InChI=1S/C25H27N3O5/c1-32-24(30)21(14-18-15-26-20-11-6-5-10-19(18)20)27-23(29)22-12-7-13-28(22)25(31)33-16-17-8-3-2-4-9-17/h2-6,8-11,15,21-22,26H,7,12-14,16H2,1H3,(H,27,29)/t21-,22-/m0/s1. The molecular formula is C25H27N3O5. The van der Waals surface area contributed by atoms with Gasteiger partial charge in [0, 0.05) is 30.1 Å². The van der Waals surface area contributed by atoms with Crippen molar-refractivity contribution in [3.05, 3.63) is 71.9 Å². The van der Waals surface area contributed by atoms with Gasteiger partial charge in [0.15, 0.2) is 0 Å². The molecule has 2 amide bonds. The number of ether oxygens (including phenoxy) is 2. The molecule has 1 saturated heterocycles. The second-order valence-electron chi connectivity index (χ2n) is 8.04. The van der Waals surface area contributed by atoms with E-state index in [9.17, 15) is 14.4 Å². The Morgan fingerprint density at radius 3 is 2.67 bits per heavy atom. The molecule has 2 aromatic carbocycles. The number of amides is 2. The van der Waals surface area contributed by atoms with Gasteiger partial charge in [-0.25, -0.2) is 9.59 Å². The molecule has 1 aromatic heterocycles. The van der Waals surface area contributed by atoms with Crippen LogP contribution in [-0.2, 0) is 32.1 Å². The smallest absolute Gasteiger partial charge is 0.410 e. The van der Waals surface area contributed by atoms with Gasteiger partial charge in [0.25, 0.3) is 0 Å². The second kappa shape index (κ2) is 10.2. The van der Waals surface area contributed by atoms with E-state index in [0.717, 1.165) is 22.0 Å². The molecule has 0 saturated carbocycles. The molecule has 4 rings (SSSR count). The highest BCUT2D eigenvalue weighted by Gasteiger charge is 2.37. The van der Waals surface area contributed by atoms with Gasteiger partial charge in [-0.15, -0.1) is 0 Å². The summed E-state index contributed by atoms with van der Waals surface area (Å²) in [4.78, 5) is 42.8. The zero-order chi connectivity index (χ0) is 23.2. The fourth-order valence-corrected chi connectivity index (χ4v) is 4.18. The number of hydrogen-bond acceptors (Lipinski definition) is 5. The molecule has 0 radical (unpaired) electrons. The van der Waals surface area contributed by atoms with Crippen LogP contribution in [0.15, 0.2) is 60.8 Å². The van der Waals surface area contributed by atoms with Crippen molar-refractivity contribution in [3.63, 3.8) is 0 Å². The van der Waals surface area contributed by atoms with Crippen LogP contribution in [0.1, 0.15) is 24.0 Å². The van der Waals surface area contributed by atoms with Crippen molar-refractivity contribution in [2.45, 2.75) is 38.0 Å². The molecule has 0 spiro atoms. The third kappa shape index (κ3) is 5.16. The van der Waals surface area contributed by atoms with Crippen LogP contribution in [0.25, 0.3) is 10.9 Å². The first-order valence-corrected chi connectivity index (χ1v) is 11.0. The molecule has 1 fully saturated rings. The lowest BCUT2D eigenvalue weighted by Crippen LogP contribution is -2.51. The minimum Gasteiger partial charge on any atom is -0.467 e. The Morgan fingerprint density at radius 2 is 1.88 bits per heavy atom. The van der Waals surface area contributed by atoms with Crippen molar-refractivity contribution in [1.82, 2.24) is 15.2 Å². The molecule has 8 nitrogen and oxygen atoms in total. The van der Waals surface area contributed by atoms with E-state index in [0.29, 0.717) is 19.4 Å². The van der Waals surface area contributed by atoms with Gasteiger partial charge in [-0.1, -0.05) is 48.5 Å². The third-order valence-electron chi connectivity index (χ3n) is 5.90. The summed E-state index contributed by atoms with van der Waals surface area (Å²) < 4.78 is 10.3. The molecule has 2 N–H and O–H groups in total. The summed E-state index contributed by atoms with van der Waals surface area (Å²) in [5.74, 6) is -0.927. The van der Waals surface area contributed by atoms with Crippen molar-refractivity contribution in [1.29, 1.82) is 0 Å². The van der Waals surface area contributed by atoms with Crippen molar-refractivity contribution in [2.75, 3.05) is 13.7 Å². The number of nitrogens with zero attached hydrogens (tertiary/aromatic N) is 1. The molecule has 2 atom stereocenters. The first-order chi connectivity index (χ1) is 16.1. The van der Waals surface area contributed by atoms with Crippen LogP contribution >= 0.6 is 0 Å². The van der Waals surface area contributed by atoms with E-state index in [2.05, 4.69) is 10.3 Å². The number of nitrogens with one attached hydrogen (secondary N) is 2. The van der Waals surface area contributed by atoms with Crippen LogP contribution in [0.2, 0.25) is 0 Å². The Bertz CT molecular complexity index is 1130. The molecular weight excluding hydrogens is 422 g/mol. The number of likely N-dealkylation sites (tertiary alicyclic amines) is 1. The second-order valence-corrected chi connectivity index (χ2v) is 8.04. The summed E-state index contributed by atoms with van der Waals surface area (Å²) in [5.41, 5.74) is 2.72. The largest absolute Gasteiger partial charge is 0.467 e. The predicted octanol–water partition coefficient (Wildman–Crippen LogP) is 3.17. The molecule has 2 heterocycles. The Hall–Kier alpha value is -3.81. The first kappa shape index (κ1) is 22.4. The van der Waals surface area contributed by atoms with Crippen molar-refractivity contribution >= 4 is 28.9 Å². The number of carbonyl (C=O) groups excluding carboxylic acids is 3. The van der Waals surface area contributed by atoms with Gasteiger partial charge in [-0.2, -0.15) is 0 Å². The number of esters is 1. The van der Waals surface area contributed by atoms with Gasteiger partial charge in [0.1, 0.15) is 18.7 Å². The van der Waals surface area contributed by atoms with E-state index in [4.69, 9.17) is 9.47 Å². The quantitative estimate of drug-likeness (QED) is 0.540. The predicted molar refractivity (Wildman–Crippen MR) is 122 cm³/mol. The maximum atomic E-state index is 13.1. The van der Waals surface area contributed by atoms with Crippen LogP contribution in [-0.4, -0.2) is 53.6 Å². The van der Waals surface area contributed by atoms with Gasteiger partial charge in [0.05, 0.1) is 7.11 Å². The van der Waals surface area contributed by atoms with Gasteiger partial charge in [0.2, 0.25) is 5.91 Å². The summed E-state index contributed by atoms with van der Waals surface area (Å²) in [6.07, 6.45) is 2.75. The van der Waals surface area contributed by atoms with Crippen molar-refractivity contribution < 1.29 is 23.9 Å². The number of carbonyl (C=O) groups is 3. The zero-order valence-corrected chi connectivity index (χ0v) is 18.5. The van der Waals surface area contributed by atoms with Gasteiger partial charge in [-0.05, 0) is 30.0 Å². The molecule has 0 bridgehead atoms. The maximum absolute atomic E-state index is 13.1. The van der Waals surface area contributed by atoms with Crippen LogP contribution in [0.4, 0.5) is 4.79 Å². The topological polar surface area (TPSA) is 101 Å². The van der Waals surface area contributed by atoms with Crippen LogP contribution in [0, 0.1) is 0 Å². The number of aromatic amines is 1. The van der Waals surface area contributed by atoms with Crippen LogP contribution < -0.4 is 5.32 Å². The van der Waals surface area contributed by atoms with E-state index in [1.165, 1.54) is 12.0 Å². The minimum absolute atomic E-state index is 0.135. The highest BCUT2D eigenvalue weighted by Crippen LogP contribution is 2.22. The Morgan fingerprint density at radius 1 is 1.12 bits per heavy atom. The summed E-state index contributed by atoms with van der Waals surface area (Å²) in [6.45, 7) is 0.562. The van der Waals surface area contributed by atoms with E-state index < -0.39 is 24.1 Å². The summed E-state index contributed by atoms with van der Waals surface area (Å²) >= 11 is 0. The molecule has 1 aliphatic heterocycles. The van der Waals surface area contributed by atoms with Crippen molar-refractivity contribution in [3.8, 4) is 0 Å². The lowest BCUT2D eigenvalue weighted by atomic mass is 10.0. The zero-order valence-electron chi connectivity index (χ0n) is 18.5. The highest BCUT2D eigenvalue weighted by molar-refractivity contribution is 5.91. The molecule has 172 valence electrons. The minimum atomic E-state index is -0.871. The van der Waals surface area contributed by atoms with Crippen LogP contribution in [0.5, 0.6) is 0 Å². The summed E-state index contributed by atoms with van der Waals surface area (Å²) in [6, 6.07) is 15.6. The fourth-order valence-electron chi connectivity index (χ4n) is 4.18. The highest BCUT2D eigenvalue weighted by atomic mass is 16.6. The van der Waals surface area contributed by atoms with Crippen LogP contribution in [0.3, 0.4) is 0 Å². The van der Waals surface area contributed by atoms with E-state index in [1.807, 2.05) is 60.8 Å². The average molecular weight is 450 g/mol. The maximum Gasteiger partial charge on any atom is 0.410 e. The summed E-state index contributed by atoms with van der Waals surface area (Å²) in [7, 11) is 1.29. The number of fused-ring (bicyclic) bond motifs is 1. The Kier molecular flexibility index (Phi) is 6.92. The molecule has 8 heteroatoms. The van der Waals surface area contributed by atoms with Gasteiger partial charge < -0.3 is 19.8 Å². The SMILES string of the molecule is COC(=O)[C@H](Cc1c[nH]c2ccccc12)NC(=O)[C@@H]1CCCN1C(=O)OCc1ccccc1. The molecule has 33 heavy (non-hydrogen) atoms. The monoisotopic (exact) mass is 449 g/mol. The Labute approximate surface area is 191 Å². The Balaban J connectivity index is 1.42. The number of benzene rings is 2. The number of rotatable bonds is 7. The van der Waals surface area contributed by atoms with Crippen molar-refractivity contribution in [2.24, 2.45) is 0 Å². The number of para-hydroxylation sites is 1. The molecule has 0 aliphatic carbocycles. The molecule has 1 aliphatic rings. The fraction of sp³-hybridized carbons (Fsp3) is 0.320. The van der Waals surface area contributed by atoms with E-state index in [-0.39, 0.29) is 18.9 Å². The summed E-state index contributed by atoms with van der Waals surface area (Å²) in [5, 5.41) is 3.77. The molecule has 3 aromatic rings. The average Bonchev–Trinajstić information content (AvgIpc) is 3.50. The number of H-pyrrole nitrogens is 1. The molecule has 0 unspecified atom stereocenters.